The quantitative estimate of drug-likeness (QED) is 0.209. The van der Waals surface area contributed by atoms with Gasteiger partial charge in [-0.3, -0.25) is 24.4 Å². The molecule has 0 aliphatic carbocycles. The second kappa shape index (κ2) is 12.7. The number of phenolic OH excluding ortho intramolecular Hbond substituents is 1. The number of aliphatic carboxylic acids is 1. The molecule has 13 nitrogen and oxygen atoms in total. The lowest BCUT2D eigenvalue weighted by molar-refractivity contribution is -0.137. The Labute approximate surface area is 224 Å². The number of aromatic nitrogens is 1. The number of aliphatic imine (C=N–C) groups is 1. The Morgan fingerprint density at radius 3 is 2.68 bits per heavy atom. The maximum atomic E-state index is 12.6. The lowest BCUT2D eigenvalue weighted by atomic mass is 10.0. The maximum absolute atomic E-state index is 12.6. The molecule has 0 fully saturated rings. The number of carbonyl (C=O) groups excluding carboxylic acids is 2. The molecule has 2 aromatic rings. The van der Waals surface area contributed by atoms with Crippen LogP contribution in [0.3, 0.4) is 0 Å². The average Bonchev–Trinajstić information content (AvgIpc) is 3.00. The van der Waals surface area contributed by atoms with E-state index in [2.05, 4.69) is 47.2 Å². The number of hydrogen-bond acceptors (Lipinski definition) is 10. The zero-order valence-electron chi connectivity index (χ0n) is 19.1. The molecule has 1 aliphatic rings. The summed E-state index contributed by atoms with van der Waals surface area (Å²) in [6, 6.07) is 3.10. The van der Waals surface area contributed by atoms with Crippen molar-refractivity contribution in [2.45, 2.75) is 24.7 Å². The number of aliphatic hydroxyl groups excluding tert-OH is 2. The third kappa shape index (κ3) is 8.01. The van der Waals surface area contributed by atoms with Crippen LogP contribution in [-0.4, -0.2) is 81.0 Å². The molecule has 1 aliphatic heterocycles. The number of phenols is 1. The number of halogens is 2. The Morgan fingerprint density at radius 2 is 1.95 bits per heavy atom. The highest BCUT2D eigenvalue weighted by molar-refractivity contribution is 9.10. The summed E-state index contributed by atoms with van der Waals surface area (Å²) in [6.07, 6.45) is 0.182. The summed E-state index contributed by atoms with van der Waals surface area (Å²) in [7, 11) is 0. The molecule has 37 heavy (non-hydrogen) atoms. The van der Waals surface area contributed by atoms with E-state index < -0.39 is 49.0 Å². The van der Waals surface area contributed by atoms with Gasteiger partial charge in [-0.1, -0.05) is 11.6 Å². The summed E-state index contributed by atoms with van der Waals surface area (Å²) < 4.78 is 0.228. The van der Waals surface area contributed by atoms with Gasteiger partial charge in [0.15, 0.2) is 5.96 Å². The molecular weight excluding hydrogens is 576 g/mol. The fourth-order valence-corrected chi connectivity index (χ4v) is 4.16. The van der Waals surface area contributed by atoms with Crippen LogP contribution in [0.15, 0.2) is 40.1 Å². The first-order chi connectivity index (χ1) is 17.5. The van der Waals surface area contributed by atoms with E-state index in [-0.39, 0.29) is 45.4 Å². The average molecular weight is 600 g/mol. The maximum Gasteiger partial charge on any atom is 0.305 e. The number of β-amino-alcohol motifs (C(OH)–C–C–N with tert-alkyl or cyclic N) is 1. The number of nitrogens with one attached hydrogen (secondary N) is 4. The minimum Gasteiger partial charge on any atom is -0.506 e. The Kier molecular flexibility index (Phi) is 9.63. The van der Waals surface area contributed by atoms with Gasteiger partial charge in [-0.05, 0) is 34.1 Å². The van der Waals surface area contributed by atoms with Gasteiger partial charge in [0, 0.05) is 23.3 Å². The number of carboxylic acids is 1. The van der Waals surface area contributed by atoms with E-state index in [4.69, 9.17) is 11.6 Å². The predicted octanol–water partition coefficient (Wildman–Crippen LogP) is 0.358. The minimum absolute atomic E-state index is 0.0218. The van der Waals surface area contributed by atoms with Crippen molar-refractivity contribution in [3.8, 4) is 5.75 Å². The van der Waals surface area contributed by atoms with E-state index in [0.29, 0.717) is 5.69 Å². The second-order valence-corrected chi connectivity index (χ2v) is 9.31. The van der Waals surface area contributed by atoms with Crippen molar-refractivity contribution in [2.24, 2.45) is 4.99 Å². The van der Waals surface area contributed by atoms with Crippen molar-refractivity contribution in [1.29, 1.82) is 0 Å². The smallest absolute Gasteiger partial charge is 0.305 e. The first-order valence-electron chi connectivity index (χ1n) is 10.9. The number of pyridine rings is 1. The Morgan fingerprint density at radius 1 is 1.19 bits per heavy atom. The lowest BCUT2D eigenvalue weighted by Gasteiger charge is -2.20. The molecule has 8 N–H and O–H groups in total. The molecular formula is C22H24BrClN6O7. The van der Waals surface area contributed by atoms with Crippen LogP contribution in [-0.2, 0) is 9.59 Å². The van der Waals surface area contributed by atoms with Gasteiger partial charge in [0.05, 0.1) is 53.6 Å². The molecule has 0 radical (unpaired) electrons. The molecule has 3 rings (SSSR count). The molecule has 1 aromatic carbocycles. The van der Waals surface area contributed by atoms with Gasteiger partial charge in [-0.15, -0.1) is 0 Å². The van der Waals surface area contributed by atoms with Crippen molar-refractivity contribution < 1.29 is 34.8 Å². The van der Waals surface area contributed by atoms with E-state index in [9.17, 15) is 34.8 Å². The number of nitrogens with zero attached hydrogens (tertiary/aromatic N) is 2. The Bertz CT molecular complexity index is 1210. The minimum atomic E-state index is -1.22. The van der Waals surface area contributed by atoms with Gasteiger partial charge < -0.3 is 41.7 Å². The van der Waals surface area contributed by atoms with Crippen LogP contribution in [0.4, 0.5) is 5.69 Å². The first-order valence-corrected chi connectivity index (χ1v) is 12.0. The van der Waals surface area contributed by atoms with Crippen LogP contribution in [0.5, 0.6) is 5.75 Å². The molecule has 198 valence electrons. The number of carboxylic acid groups (broad SMARTS) is 1. The summed E-state index contributed by atoms with van der Waals surface area (Å²) in [5.74, 6) is -2.55. The van der Waals surface area contributed by atoms with Crippen molar-refractivity contribution in [1.82, 2.24) is 20.9 Å². The van der Waals surface area contributed by atoms with Crippen LogP contribution >= 0.6 is 27.5 Å². The molecule has 0 bridgehead atoms. The third-order valence-corrected chi connectivity index (χ3v) is 6.00. The zero-order valence-corrected chi connectivity index (χ0v) is 21.5. The largest absolute Gasteiger partial charge is 0.506 e. The van der Waals surface area contributed by atoms with E-state index >= 15 is 0 Å². The van der Waals surface area contributed by atoms with E-state index in [1.54, 1.807) is 0 Å². The monoisotopic (exact) mass is 598 g/mol. The second-order valence-electron chi connectivity index (χ2n) is 8.02. The van der Waals surface area contributed by atoms with Gasteiger partial charge in [0.1, 0.15) is 11.9 Å². The lowest BCUT2D eigenvalue weighted by Crippen LogP contribution is -2.39. The molecule has 0 saturated heterocycles. The number of aromatic hydroxyl groups is 1. The summed E-state index contributed by atoms with van der Waals surface area (Å²) in [6.45, 7) is -0.437. The van der Waals surface area contributed by atoms with Crippen molar-refractivity contribution >= 4 is 57.0 Å². The molecule has 15 heteroatoms. The molecule has 1 aromatic heterocycles. The first kappa shape index (κ1) is 28.1. The highest BCUT2D eigenvalue weighted by Gasteiger charge is 2.24. The SMILES string of the molecule is O=C(O)CC(NC(=O)CNC(=O)c1cncc(NC2=NCC(O)C(O)CN2)c1)c1cc(Cl)cc(Br)c1O. The number of hydrogen-bond donors (Lipinski definition) is 8. The number of benzene rings is 1. The van der Waals surface area contributed by atoms with Crippen LogP contribution < -0.4 is 21.3 Å². The Hall–Kier alpha value is -3.46. The number of amides is 2. The van der Waals surface area contributed by atoms with Crippen LogP contribution in [0.2, 0.25) is 5.02 Å². The van der Waals surface area contributed by atoms with Gasteiger partial charge in [0.2, 0.25) is 5.91 Å². The normalized spacial score (nSPS) is 18.0. The van der Waals surface area contributed by atoms with E-state index in [1.807, 2.05) is 0 Å². The van der Waals surface area contributed by atoms with E-state index in [0.717, 1.165) is 0 Å². The number of rotatable bonds is 8. The highest BCUT2D eigenvalue weighted by Crippen LogP contribution is 2.36. The predicted molar refractivity (Wildman–Crippen MR) is 136 cm³/mol. The molecule has 2 heterocycles. The van der Waals surface area contributed by atoms with Gasteiger partial charge >= 0.3 is 5.97 Å². The number of guanidine groups is 1. The van der Waals surface area contributed by atoms with Gasteiger partial charge in [-0.2, -0.15) is 0 Å². The van der Waals surface area contributed by atoms with Crippen molar-refractivity contribution in [3.05, 3.63) is 51.2 Å². The molecule has 0 saturated carbocycles. The molecule has 2 amide bonds. The zero-order chi connectivity index (χ0) is 27.1. The number of anilines is 1. The number of aliphatic hydroxyl groups is 2. The van der Waals surface area contributed by atoms with Crippen molar-refractivity contribution in [3.63, 3.8) is 0 Å². The number of carbonyl (C=O) groups is 3. The Balaban J connectivity index is 1.62. The van der Waals surface area contributed by atoms with Gasteiger partial charge in [-0.25, -0.2) is 0 Å². The summed E-state index contributed by atoms with van der Waals surface area (Å²) in [5, 5.41) is 49.8. The molecule has 0 spiro atoms. The molecule has 3 unspecified atom stereocenters. The van der Waals surface area contributed by atoms with Crippen molar-refractivity contribution in [2.75, 3.05) is 25.0 Å². The molecule has 3 atom stereocenters. The fraction of sp³-hybridized carbons (Fsp3) is 0.318. The van der Waals surface area contributed by atoms with Crippen LogP contribution in [0.25, 0.3) is 0 Å². The topological polar surface area (TPSA) is 205 Å². The summed E-state index contributed by atoms with van der Waals surface area (Å²) in [5.41, 5.74) is 0.600. The van der Waals surface area contributed by atoms with Gasteiger partial charge in [0.25, 0.3) is 5.91 Å². The van der Waals surface area contributed by atoms with Crippen LogP contribution in [0.1, 0.15) is 28.4 Å². The third-order valence-electron chi connectivity index (χ3n) is 5.18. The van der Waals surface area contributed by atoms with E-state index in [1.165, 1.54) is 30.6 Å². The summed E-state index contributed by atoms with van der Waals surface area (Å²) >= 11 is 9.13. The summed E-state index contributed by atoms with van der Waals surface area (Å²) in [4.78, 5) is 44.5. The fourth-order valence-electron chi connectivity index (χ4n) is 3.33. The highest BCUT2D eigenvalue weighted by atomic mass is 79.9. The standard InChI is InChI=1S/C22H24BrClN6O7/c23-14-3-11(24)2-13(20(14)36)15(4-19(34)35)30-18(33)9-26-21(37)10-1-12(6-25-5-10)29-22-27-7-16(31)17(32)8-28-22/h1-3,5-6,15-17,31-32,36H,4,7-9H2,(H,26,37)(H,30,33)(H,34,35)(H2,27,28,29). The van der Waals surface area contributed by atoms with Crippen LogP contribution in [0, 0.1) is 0 Å².